The lowest BCUT2D eigenvalue weighted by Gasteiger charge is -2.13. The minimum atomic E-state index is -0.700. The zero-order chi connectivity index (χ0) is 13.0. The molecule has 0 fully saturated rings. The van der Waals surface area contributed by atoms with Crippen LogP contribution in [0.5, 0.6) is 0 Å². The summed E-state index contributed by atoms with van der Waals surface area (Å²) in [6.07, 6.45) is 0.320. The van der Waals surface area contributed by atoms with Crippen molar-refractivity contribution in [3.63, 3.8) is 0 Å². The molecule has 0 aliphatic rings. The molecule has 0 aliphatic heterocycles. The van der Waals surface area contributed by atoms with E-state index in [1.807, 2.05) is 0 Å². The van der Waals surface area contributed by atoms with Gasteiger partial charge in [-0.25, -0.2) is 0 Å². The van der Waals surface area contributed by atoms with Crippen LogP contribution >= 0.6 is 0 Å². The number of nitrogens with zero attached hydrogens (tertiary/aromatic N) is 1. The lowest BCUT2D eigenvalue weighted by molar-refractivity contribution is -0.385. The molecular weight excluding hydrogens is 220 g/mol. The highest BCUT2D eigenvalue weighted by Gasteiger charge is 2.25. The summed E-state index contributed by atoms with van der Waals surface area (Å²) in [5, 5.41) is 10.9. The van der Waals surface area contributed by atoms with Crippen LogP contribution in [-0.4, -0.2) is 10.8 Å². The number of primary amides is 1. The highest BCUT2D eigenvalue weighted by Crippen LogP contribution is 2.30. The molecule has 0 saturated heterocycles. The molecule has 0 aliphatic carbocycles. The van der Waals surface area contributed by atoms with E-state index in [0.29, 0.717) is 12.0 Å². The van der Waals surface area contributed by atoms with Gasteiger partial charge in [0, 0.05) is 11.6 Å². The standard InChI is InChI=1S/C12H14N2O3/c1-8(2)7-10(12(13)15)9-5-3-4-6-11(9)14(16)17/h3-6,10H,1,7H2,2H3,(H2,13,15). The number of para-hydroxylation sites is 1. The fraction of sp³-hybridized carbons (Fsp3) is 0.250. The normalized spacial score (nSPS) is 11.8. The van der Waals surface area contributed by atoms with Crippen LogP contribution in [0.25, 0.3) is 0 Å². The van der Waals surface area contributed by atoms with Gasteiger partial charge in [-0.05, 0) is 13.3 Å². The number of nitro groups is 1. The number of amides is 1. The number of rotatable bonds is 5. The second-order valence-electron chi connectivity index (χ2n) is 3.93. The van der Waals surface area contributed by atoms with Gasteiger partial charge < -0.3 is 5.73 Å². The molecule has 0 saturated carbocycles. The minimum Gasteiger partial charge on any atom is -0.369 e. The van der Waals surface area contributed by atoms with Crippen molar-refractivity contribution < 1.29 is 9.72 Å². The maximum absolute atomic E-state index is 11.4. The monoisotopic (exact) mass is 234 g/mol. The van der Waals surface area contributed by atoms with E-state index in [4.69, 9.17) is 5.73 Å². The van der Waals surface area contributed by atoms with E-state index < -0.39 is 16.7 Å². The summed E-state index contributed by atoms with van der Waals surface area (Å²) in [6.45, 7) is 5.45. The highest BCUT2D eigenvalue weighted by molar-refractivity contribution is 5.83. The summed E-state index contributed by atoms with van der Waals surface area (Å²) >= 11 is 0. The lowest BCUT2D eigenvalue weighted by atomic mass is 9.91. The van der Waals surface area contributed by atoms with Gasteiger partial charge in [-0.3, -0.25) is 14.9 Å². The van der Waals surface area contributed by atoms with Gasteiger partial charge >= 0.3 is 0 Å². The Balaban J connectivity index is 3.22. The van der Waals surface area contributed by atoms with Crippen LogP contribution in [0.4, 0.5) is 5.69 Å². The molecule has 0 spiro atoms. The summed E-state index contributed by atoms with van der Waals surface area (Å²) in [7, 11) is 0. The molecule has 5 heteroatoms. The van der Waals surface area contributed by atoms with E-state index >= 15 is 0 Å². The van der Waals surface area contributed by atoms with Crippen molar-refractivity contribution in [1.82, 2.24) is 0 Å². The molecule has 0 radical (unpaired) electrons. The molecule has 1 aromatic carbocycles. The number of nitrogens with two attached hydrogens (primary N) is 1. The highest BCUT2D eigenvalue weighted by atomic mass is 16.6. The van der Waals surface area contributed by atoms with Crippen LogP contribution in [0.3, 0.4) is 0 Å². The SMILES string of the molecule is C=C(C)CC(C(N)=O)c1ccccc1[N+](=O)[O-]. The first kappa shape index (κ1) is 12.9. The molecule has 90 valence electrons. The van der Waals surface area contributed by atoms with Crippen molar-refractivity contribution >= 4 is 11.6 Å². The Labute approximate surface area is 99.1 Å². The first-order chi connectivity index (χ1) is 7.93. The maximum atomic E-state index is 11.4. The molecule has 0 bridgehead atoms. The zero-order valence-corrected chi connectivity index (χ0v) is 9.55. The molecule has 1 amide bonds. The van der Waals surface area contributed by atoms with Crippen molar-refractivity contribution in [2.24, 2.45) is 5.73 Å². The fourth-order valence-corrected chi connectivity index (χ4v) is 1.66. The van der Waals surface area contributed by atoms with E-state index in [1.165, 1.54) is 6.07 Å². The maximum Gasteiger partial charge on any atom is 0.273 e. The molecule has 17 heavy (non-hydrogen) atoms. The molecule has 0 aromatic heterocycles. The number of hydrogen-bond donors (Lipinski definition) is 1. The minimum absolute atomic E-state index is 0.0856. The molecular formula is C12H14N2O3. The van der Waals surface area contributed by atoms with E-state index in [0.717, 1.165) is 5.57 Å². The Morgan fingerprint density at radius 2 is 2.12 bits per heavy atom. The van der Waals surface area contributed by atoms with Crippen LogP contribution in [0.15, 0.2) is 36.4 Å². The topological polar surface area (TPSA) is 86.2 Å². The zero-order valence-electron chi connectivity index (χ0n) is 9.55. The molecule has 1 atom stereocenters. The number of nitro benzene ring substituents is 1. The van der Waals surface area contributed by atoms with Crippen molar-refractivity contribution in [3.05, 3.63) is 52.1 Å². The van der Waals surface area contributed by atoms with Gasteiger partial charge in [0.15, 0.2) is 0 Å². The van der Waals surface area contributed by atoms with Crippen LogP contribution in [-0.2, 0) is 4.79 Å². The van der Waals surface area contributed by atoms with Crippen molar-refractivity contribution in [3.8, 4) is 0 Å². The lowest BCUT2D eigenvalue weighted by Crippen LogP contribution is -2.22. The molecule has 1 unspecified atom stereocenters. The van der Waals surface area contributed by atoms with Gasteiger partial charge in [-0.2, -0.15) is 0 Å². The fourth-order valence-electron chi connectivity index (χ4n) is 1.66. The van der Waals surface area contributed by atoms with Gasteiger partial charge in [-0.15, -0.1) is 6.58 Å². The largest absolute Gasteiger partial charge is 0.369 e. The predicted octanol–water partition coefficient (Wildman–Crippen LogP) is 2.13. The summed E-state index contributed by atoms with van der Waals surface area (Å²) in [6, 6.07) is 6.12. The predicted molar refractivity (Wildman–Crippen MR) is 64.5 cm³/mol. The van der Waals surface area contributed by atoms with Crippen LogP contribution in [0.2, 0.25) is 0 Å². The Bertz CT molecular complexity index is 469. The summed E-state index contributed by atoms with van der Waals surface area (Å²) in [4.78, 5) is 21.7. The first-order valence-corrected chi connectivity index (χ1v) is 5.10. The summed E-state index contributed by atoms with van der Waals surface area (Å²) in [5.74, 6) is -1.28. The third kappa shape index (κ3) is 3.14. The van der Waals surface area contributed by atoms with E-state index in [2.05, 4.69) is 6.58 Å². The Morgan fingerprint density at radius 1 is 1.53 bits per heavy atom. The van der Waals surface area contributed by atoms with Gasteiger partial charge in [0.1, 0.15) is 0 Å². The van der Waals surface area contributed by atoms with Crippen molar-refractivity contribution in [2.45, 2.75) is 19.3 Å². The number of hydrogen-bond acceptors (Lipinski definition) is 3. The molecule has 2 N–H and O–H groups in total. The molecule has 1 aromatic rings. The van der Waals surface area contributed by atoms with Crippen molar-refractivity contribution in [2.75, 3.05) is 0 Å². The van der Waals surface area contributed by atoms with Crippen LogP contribution < -0.4 is 5.73 Å². The van der Waals surface area contributed by atoms with Crippen LogP contribution in [0, 0.1) is 10.1 Å². The third-order valence-electron chi connectivity index (χ3n) is 2.40. The smallest absolute Gasteiger partial charge is 0.273 e. The van der Waals surface area contributed by atoms with Gasteiger partial charge in [0.25, 0.3) is 5.69 Å². The molecule has 0 heterocycles. The molecule has 1 rings (SSSR count). The number of carbonyl (C=O) groups is 1. The second kappa shape index (κ2) is 5.25. The van der Waals surface area contributed by atoms with E-state index in [-0.39, 0.29) is 5.69 Å². The average Bonchev–Trinajstić information content (AvgIpc) is 2.25. The van der Waals surface area contributed by atoms with Crippen LogP contribution in [0.1, 0.15) is 24.8 Å². The average molecular weight is 234 g/mol. The number of allylic oxidation sites excluding steroid dienone is 1. The van der Waals surface area contributed by atoms with E-state index in [9.17, 15) is 14.9 Å². The Morgan fingerprint density at radius 3 is 2.59 bits per heavy atom. The number of carbonyl (C=O) groups excluding carboxylic acids is 1. The third-order valence-corrected chi connectivity index (χ3v) is 2.40. The number of benzene rings is 1. The van der Waals surface area contributed by atoms with Gasteiger partial charge in [-0.1, -0.05) is 23.8 Å². The van der Waals surface area contributed by atoms with Gasteiger partial charge in [0.05, 0.1) is 10.8 Å². The first-order valence-electron chi connectivity index (χ1n) is 5.10. The second-order valence-corrected chi connectivity index (χ2v) is 3.93. The summed E-state index contributed by atoms with van der Waals surface area (Å²) < 4.78 is 0. The van der Waals surface area contributed by atoms with Crippen molar-refractivity contribution in [1.29, 1.82) is 0 Å². The Kier molecular flexibility index (Phi) is 3.98. The quantitative estimate of drug-likeness (QED) is 0.481. The van der Waals surface area contributed by atoms with Gasteiger partial charge in [0.2, 0.25) is 5.91 Å². The van der Waals surface area contributed by atoms with E-state index in [1.54, 1.807) is 25.1 Å². The Hall–Kier alpha value is -2.17. The summed E-state index contributed by atoms with van der Waals surface area (Å²) in [5.41, 5.74) is 6.29. The molecule has 5 nitrogen and oxygen atoms in total.